The first-order valence-electron chi connectivity index (χ1n) is 5.26. The van der Waals surface area contributed by atoms with Crippen molar-refractivity contribution in [2.24, 2.45) is 0 Å². The van der Waals surface area contributed by atoms with Gasteiger partial charge in [0.25, 0.3) is 0 Å². The zero-order valence-electron chi connectivity index (χ0n) is 9.83. The Hall–Kier alpha value is -1.49. The van der Waals surface area contributed by atoms with E-state index in [0.717, 1.165) is 5.76 Å². The van der Waals surface area contributed by atoms with E-state index >= 15 is 0 Å². The number of aryl methyl sites for hydroxylation is 1. The first kappa shape index (κ1) is 12.6. The van der Waals surface area contributed by atoms with Crippen LogP contribution in [-0.4, -0.2) is 24.2 Å². The van der Waals surface area contributed by atoms with Crippen molar-refractivity contribution in [2.45, 2.75) is 26.4 Å². The fourth-order valence-electron chi connectivity index (χ4n) is 1.29. The van der Waals surface area contributed by atoms with Gasteiger partial charge >= 0.3 is 6.03 Å². The highest BCUT2D eigenvalue weighted by atomic mass is 16.4. The van der Waals surface area contributed by atoms with Crippen LogP contribution >= 0.6 is 0 Å². The number of carbonyl (C=O) groups is 1. The number of furan rings is 1. The number of nitrogens with one attached hydrogen (secondary N) is 2. The molecular weight excluding hydrogens is 208 g/mol. The average Bonchev–Trinajstić information content (AvgIpc) is 2.63. The Kier molecular flexibility index (Phi) is 3.95. The van der Waals surface area contributed by atoms with Gasteiger partial charge in [0.15, 0.2) is 0 Å². The fraction of sp³-hybridized carbons (Fsp3) is 0.545. The molecule has 1 atom stereocenters. The van der Waals surface area contributed by atoms with Gasteiger partial charge in [-0.05, 0) is 32.9 Å². The highest BCUT2D eigenvalue weighted by Gasteiger charge is 2.27. The number of urea groups is 1. The molecule has 0 aliphatic carbocycles. The van der Waals surface area contributed by atoms with Crippen LogP contribution in [0, 0.1) is 6.92 Å². The van der Waals surface area contributed by atoms with Gasteiger partial charge < -0.3 is 20.2 Å². The number of hydrogen-bond donors (Lipinski definition) is 3. The molecule has 0 spiro atoms. The van der Waals surface area contributed by atoms with Gasteiger partial charge in [0.2, 0.25) is 0 Å². The van der Waals surface area contributed by atoms with Crippen LogP contribution in [0.2, 0.25) is 0 Å². The minimum absolute atomic E-state index is 0.103. The molecule has 0 aliphatic rings. The molecule has 16 heavy (non-hydrogen) atoms. The normalized spacial score (nSPS) is 14.2. The maximum Gasteiger partial charge on any atom is 0.314 e. The van der Waals surface area contributed by atoms with Crippen LogP contribution in [-0.2, 0) is 5.60 Å². The van der Waals surface area contributed by atoms with Crippen LogP contribution in [0.25, 0.3) is 0 Å². The molecule has 5 nitrogen and oxygen atoms in total. The van der Waals surface area contributed by atoms with Gasteiger partial charge in [0.1, 0.15) is 17.1 Å². The summed E-state index contributed by atoms with van der Waals surface area (Å²) in [5, 5.41) is 15.2. The predicted octanol–water partition coefficient (Wildman–Crippen LogP) is 1.11. The van der Waals surface area contributed by atoms with Crippen molar-refractivity contribution in [3.8, 4) is 0 Å². The predicted molar refractivity (Wildman–Crippen MR) is 60.1 cm³/mol. The first-order valence-corrected chi connectivity index (χ1v) is 5.26. The molecule has 0 aliphatic heterocycles. The van der Waals surface area contributed by atoms with Gasteiger partial charge in [-0.3, -0.25) is 0 Å². The molecule has 3 N–H and O–H groups in total. The van der Waals surface area contributed by atoms with Crippen LogP contribution in [0.5, 0.6) is 0 Å². The standard InChI is InChI=1S/C11H18N2O3/c1-4-12-10(14)13-7-11(3,15)9-6-5-8(2)16-9/h5-6,15H,4,7H2,1-3H3,(H2,12,13,14). The fourth-order valence-corrected chi connectivity index (χ4v) is 1.29. The maximum atomic E-state index is 11.2. The monoisotopic (exact) mass is 226 g/mol. The van der Waals surface area contributed by atoms with Crippen LogP contribution in [0.1, 0.15) is 25.4 Å². The summed E-state index contributed by atoms with van der Waals surface area (Å²) in [6, 6.07) is 3.18. The highest BCUT2D eigenvalue weighted by molar-refractivity contribution is 5.73. The first-order chi connectivity index (χ1) is 7.45. The van der Waals surface area contributed by atoms with E-state index in [0.29, 0.717) is 12.3 Å². The van der Waals surface area contributed by atoms with Crippen molar-refractivity contribution in [3.63, 3.8) is 0 Å². The van der Waals surface area contributed by atoms with E-state index in [9.17, 15) is 9.90 Å². The molecule has 1 aromatic heterocycles. The maximum absolute atomic E-state index is 11.2. The Morgan fingerprint density at radius 1 is 1.50 bits per heavy atom. The molecule has 0 bridgehead atoms. The lowest BCUT2D eigenvalue weighted by atomic mass is 10.0. The summed E-state index contributed by atoms with van der Waals surface area (Å²) in [6.07, 6.45) is 0. The minimum atomic E-state index is -1.20. The highest BCUT2D eigenvalue weighted by Crippen LogP contribution is 2.21. The van der Waals surface area contributed by atoms with Crippen molar-refractivity contribution in [1.82, 2.24) is 10.6 Å². The smallest absolute Gasteiger partial charge is 0.314 e. The molecule has 1 aromatic rings. The molecule has 1 heterocycles. The SMILES string of the molecule is CCNC(=O)NCC(C)(O)c1ccc(C)o1. The minimum Gasteiger partial charge on any atom is -0.463 e. The second kappa shape index (κ2) is 5.03. The number of hydrogen-bond acceptors (Lipinski definition) is 3. The molecule has 0 radical (unpaired) electrons. The van der Waals surface area contributed by atoms with E-state index in [2.05, 4.69) is 10.6 Å². The Labute approximate surface area is 94.8 Å². The molecule has 5 heteroatoms. The van der Waals surface area contributed by atoms with E-state index in [-0.39, 0.29) is 12.6 Å². The molecule has 90 valence electrons. The van der Waals surface area contributed by atoms with Crippen molar-refractivity contribution in [2.75, 3.05) is 13.1 Å². The van der Waals surface area contributed by atoms with Crippen molar-refractivity contribution in [1.29, 1.82) is 0 Å². The van der Waals surface area contributed by atoms with Crippen molar-refractivity contribution >= 4 is 6.03 Å². The molecule has 0 saturated carbocycles. The molecule has 2 amide bonds. The molecule has 1 rings (SSSR count). The van der Waals surface area contributed by atoms with E-state index in [4.69, 9.17) is 4.42 Å². The second-order valence-electron chi connectivity index (χ2n) is 3.90. The average molecular weight is 226 g/mol. The number of aliphatic hydroxyl groups is 1. The van der Waals surface area contributed by atoms with Crippen molar-refractivity contribution < 1.29 is 14.3 Å². The third kappa shape index (κ3) is 3.27. The van der Waals surface area contributed by atoms with E-state index in [1.807, 2.05) is 6.92 Å². The van der Waals surface area contributed by atoms with Crippen LogP contribution in [0.15, 0.2) is 16.5 Å². The lowest BCUT2D eigenvalue weighted by molar-refractivity contribution is 0.0360. The van der Waals surface area contributed by atoms with Crippen LogP contribution in [0.4, 0.5) is 4.79 Å². The number of rotatable bonds is 4. The lowest BCUT2D eigenvalue weighted by Crippen LogP contribution is -2.43. The third-order valence-electron chi connectivity index (χ3n) is 2.20. The van der Waals surface area contributed by atoms with Crippen LogP contribution < -0.4 is 10.6 Å². The van der Waals surface area contributed by atoms with Gasteiger partial charge in [-0.25, -0.2) is 4.79 Å². The second-order valence-corrected chi connectivity index (χ2v) is 3.90. The topological polar surface area (TPSA) is 74.5 Å². The quantitative estimate of drug-likeness (QED) is 0.720. The van der Waals surface area contributed by atoms with Gasteiger partial charge in [-0.2, -0.15) is 0 Å². The van der Waals surface area contributed by atoms with Crippen LogP contribution in [0.3, 0.4) is 0 Å². The molecule has 0 saturated heterocycles. The summed E-state index contributed by atoms with van der Waals surface area (Å²) in [5.41, 5.74) is -1.20. The molecule has 0 aromatic carbocycles. The number of amides is 2. The molecule has 1 unspecified atom stereocenters. The van der Waals surface area contributed by atoms with Gasteiger partial charge in [-0.1, -0.05) is 0 Å². The third-order valence-corrected chi connectivity index (χ3v) is 2.20. The van der Waals surface area contributed by atoms with E-state index in [1.54, 1.807) is 26.0 Å². The van der Waals surface area contributed by atoms with Gasteiger partial charge in [0, 0.05) is 6.54 Å². The summed E-state index contributed by atoms with van der Waals surface area (Å²) in [6.45, 7) is 5.88. The molecule has 0 fully saturated rings. The summed E-state index contributed by atoms with van der Waals surface area (Å²) >= 11 is 0. The Bertz CT molecular complexity index is 358. The summed E-state index contributed by atoms with van der Waals surface area (Å²) in [7, 11) is 0. The largest absolute Gasteiger partial charge is 0.463 e. The van der Waals surface area contributed by atoms with E-state index in [1.165, 1.54) is 0 Å². The Morgan fingerprint density at radius 2 is 2.19 bits per heavy atom. The van der Waals surface area contributed by atoms with E-state index < -0.39 is 5.60 Å². The van der Waals surface area contributed by atoms with Crippen molar-refractivity contribution in [3.05, 3.63) is 23.7 Å². The van der Waals surface area contributed by atoms with Gasteiger partial charge in [0.05, 0.1) is 6.54 Å². The zero-order valence-corrected chi connectivity index (χ0v) is 9.83. The Balaban J connectivity index is 2.55. The molecular formula is C11H18N2O3. The number of carbonyl (C=O) groups excluding carboxylic acids is 1. The lowest BCUT2D eigenvalue weighted by Gasteiger charge is -2.21. The summed E-state index contributed by atoms with van der Waals surface area (Å²) in [5.74, 6) is 1.18. The summed E-state index contributed by atoms with van der Waals surface area (Å²) in [4.78, 5) is 11.2. The Morgan fingerprint density at radius 3 is 2.69 bits per heavy atom. The van der Waals surface area contributed by atoms with Gasteiger partial charge in [-0.15, -0.1) is 0 Å². The zero-order chi connectivity index (χ0) is 12.2. The summed E-state index contributed by atoms with van der Waals surface area (Å²) < 4.78 is 5.32.